The molecule has 0 bridgehead atoms. The van der Waals surface area contributed by atoms with Crippen LogP contribution in [-0.2, 0) is 4.79 Å². The highest BCUT2D eigenvalue weighted by molar-refractivity contribution is 6.07. The molecule has 3 aromatic rings. The van der Waals surface area contributed by atoms with E-state index < -0.39 is 0 Å². The van der Waals surface area contributed by atoms with Gasteiger partial charge in [0.2, 0.25) is 5.91 Å². The van der Waals surface area contributed by atoms with Crippen molar-refractivity contribution in [3.05, 3.63) is 36.4 Å². The maximum atomic E-state index is 12.7. The average molecular weight is 381 g/mol. The van der Waals surface area contributed by atoms with Crippen molar-refractivity contribution in [2.45, 2.75) is 12.8 Å². The van der Waals surface area contributed by atoms with E-state index in [2.05, 4.69) is 10.6 Å². The summed E-state index contributed by atoms with van der Waals surface area (Å²) in [7, 11) is 3.22. The van der Waals surface area contributed by atoms with E-state index in [4.69, 9.17) is 9.15 Å². The molecule has 28 heavy (non-hydrogen) atoms. The number of anilines is 1. The number of amides is 3. The van der Waals surface area contributed by atoms with Crippen molar-refractivity contribution < 1.29 is 18.7 Å². The Kier molecular flexibility index (Phi) is 4.81. The van der Waals surface area contributed by atoms with Gasteiger partial charge in [-0.3, -0.25) is 4.79 Å². The summed E-state index contributed by atoms with van der Waals surface area (Å²) in [6, 6.07) is 11.3. The summed E-state index contributed by atoms with van der Waals surface area (Å²) in [5.74, 6) is 0.584. The lowest BCUT2D eigenvalue weighted by atomic mass is 9.96. The second kappa shape index (κ2) is 7.42. The molecule has 0 atom stereocenters. The minimum atomic E-state index is -0.205. The number of hydrogen-bond donors (Lipinski definition) is 2. The van der Waals surface area contributed by atoms with Gasteiger partial charge in [0, 0.05) is 42.9 Å². The summed E-state index contributed by atoms with van der Waals surface area (Å²) in [5.41, 5.74) is 2.04. The van der Waals surface area contributed by atoms with E-state index in [1.165, 1.54) is 0 Å². The fourth-order valence-corrected chi connectivity index (χ4v) is 3.76. The first-order chi connectivity index (χ1) is 13.6. The number of nitrogens with one attached hydrogen (secondary N) is 2. The molecule has 7 nitrogen and oxygen atoms in total. The third kappa shape index (κ3) is 3.24. The predicted molar refractivity (Wildman–Crippen MR) is 108 cm³/mol. The highest BCUT2D eigenvalue weighted by atomic mass is 16.5. The van der Waals surface area contributed by atoms with Gasteiger partial charge in [-0.1, -0.05) is 18.2 Å². The Morgan fingerprint density at radius 2 is 1.86 bits per heavy atom. The predicted octanol–water partition coefficient (Wildman–Crippen LogP) is 3.58. The van der Waals surface area contributed by atoms with E-state index in [1.807, 2.05) is 30.3 Å². The maximum absolute atomic E-state index is 12.7. The van der Waals surface area contributed by atoms with Crippen molar-refractivity contribution in [2.24, 2.45) is 5.92 Å². The fraction of sp³-hybridized carbons (Fsp3) is 0.333. The van der Waals surface area contributed by atoms with Gasteiger partial charge in [0.25, 0.3) is 0 Å². The molecule has 2 N–H and O–H groups in total. The van der Waals surface area contributed by atoms with Crippen molar-refractivity contribution in [1.29, 1.82) is 0 Å². The quantitative estimate of drug-likeness (QED) is 0.726. The summed E-state index contributed by atoms with van der Waals surface area (Å²) in [4.78, 5) is 26.2. The number of likely N-dealkylation sites (tertiary alicyclic amines) is 1. The molecule has 0 unspecified atom stereocenters. The van der Waals surface area contributed by atoms with Crippen LogP contribution >= 0.6 is 0 Å². The Hall–Kier alpha value is -3.22. The third-order valence-corrected chi connectivity index (χ3v) is 5.34. The lowest BCUT2D eigenvalue weighted by Crippen LogP contribution is -2.44. The summed E-state index contributed by atoms with van der Waals surface area (Å²) in [5, 5.41) is 7.55. The van der Waals surface area contributed by atoms with Gasteiger partial charge in [-0.2, -0.15) is 0 Å². The summed E-state index contributed by atoms with van der Waals surface area (Å²) in [6.45, 7) is 1.08. The molecule has 3 amide bonds. The van der Waals surface area contributed by atoms with Crippen molar-refractivity contribution in [3.8, 4) is 5.75 Å². The Morgan fingerprint density at radius 1 is 1.11 bits per heavy atom. The van der Waals surface area contributed by atoms with Crippen LogP contribution in [0.5, 0.6) is 5.75 Å². The van der Waals surface area contributed by atoms with Crippen LogP contribution in [-0.4, -0.2) is 44.1 Å². The molecular formula is C21H23N3O4. The van der Waals surface area contributed by atoms with Crippen LogP contribution in [0.25, 0.3) is 21.9 Å². The van der Waals surface area contributed by atoms with Crippen molar-refractivity contribution in [2.75, 3.05) is 32.6 Å². The van der Waals surface area contributed by atoms with Crippen LogP contribution in [0.3, 0.4) is 0 Å². The van der Waals surface area contributed by atoms with E-state index in [0.717, 1.165) is 16.4 Å². The second-order valence-electron chi connectivity index (χ2n) is 6.95. The smallest absolute Gasteiger partial charge is 0.321 e. The molecular weight excluding hydrogens is 358 g/mol. The molecule has 146 valence electrons. The zero-order valence-electron chi connectivity index (χ0n) is 16.0. The summed E-state index contributed by atoms with van der Waals surface area (Å²) in [6.07, 6.45) is 1.32. The van der Waals surface area contributed by atoms with Crippen molar-refractivity contribution in [1.82, 2.24) is 10.2 Å². The Morgan fingerprint density at radius 3 is 2.57 bits per heavy atom. The topological polar surface area (TPSA) is 83.8 Å². The largest absolute Gasteiger partial charge is 0.495 e. The molecule has 2 aromatic carbocycles. The first kappa shape index (κ1) is 18.2. The number of rotatable bonds is 3. The maximum Gasteiger partial charge on any atom is 0.321 e. The van der Waals surface area contributed by atoms with E-state index in [-0.39, 0.29) is 17.9 Å². The first-order valence-corrected chi connectivity index (χ1v) is 9.37. The van der Waals surface area contributed by atoms with Crippen LogP contribution in [0, 0.1) is 5.92 Å². The molecule has 0 spiro atoms. The van der Waals surface area contributed by atoms with E-state index >= 15 is 0 Å². The number of piperidine rings is 1. The van der Waals surface area contributed by atoms with Crippen molar-refractivity contribution >= 4 is 39.6 Å². The first-order valence-electron chi connectivity index (χ1n) is 9.37. The minimum absolute atomic E-state index is 0.0320. The van der Waals surface area contributed by atoms with Crippen LogP contribution in [0.4, 0.5) is 10.5 Å². The fourth-order valence-electron chi connectivity index (χ4n) is 3.76. The number of methoxy groups -OCH3 is 1. The zero-order valence-corrected chi connectivity index (χ0v) is 16.0. The number of nitrogens with zero attached hydrogens (tertiary/aromatic N) is 1. The SMILES string of the molecule is CNC(=O)C1CCN(C(=O)Nc2cc3oc4ccccc4c3cc2OC)CC1. The Bertz CT molecular complexity index is 1030. The van der Waals surface area contributed by atoms with Crippen LogP contribution in [0.2, 0.25) is 0 Å². The third-order valence-electron chi connectivity index (χ3n) is 5.34. The van der Waals surface area contributed by atoms with Gasteiger partial charge in [0.05, 0.1) is 12.8 Å². The molecule has 0 aliphatic carbocycles. The number of furan rings is 1. The molecule has 7 heteroatoms. The zero-order chi connectivity index (χ0) is 19.7. The van der Waals surface area contributed by atoms with E-state index in [0.29, 0.717) is 43.0 Å². The second-order valence-corrected chi connectivity index (χ2v) is 6.95. The average Bonchev–Trinajstić information content (AvgIpc) is 3.10. The molecule has 4 rings (SSSR count). The molecule has 2 heterocycles. The highest BCUT2D eigenvalue weighted by Crippen LogP contribution is 2.36. The van der Waals surface area contributed by atoms with Gasteiger partial charge in [0.15, 0.2) is 0 Å². The van der Waals surface area contributed by atoms with Crippen LogP contribution < -0.4 is 15.4 Å². The monoisotopic (exact) mass is 381 g/mol. The number of carbonyl (C=O) groups excluding carboxylic acids is 2. The number of hydrogen-bond acceptors (Lipinski definition) is 4. The standard InChI is InChI=1S/C21H23N3O4/c1-22-20(25)13-7-9-24(10-8-13)21(26)23-16-12-18-15(11-19(16)27-2)14-5-3-4-6-17(14)28-18/h3-6,11-13H,7-10H2,1-2H3,(H,22,25)(H,23,26). The van der Waals surface area contributed by atoms with Gasteiger partial charge >= 0.3 is 6.03 Å². The van der Waals surface area contributed by atoms with E-state index in [9.17, 15) is 9.59 Å². The Balaban J connectivity index is 1.55. The number of urea groups is 1. The molecule has 1 aromatic heterocycles. The minimum Gasteiger partial charge on any atom is -0.495 e. The van der Waals surface area contributed by atoms with Crippen LogP contribution in [0.1, 0.15) is 12.8 Å². The van der Waals surface area contributed by atoms with Gasteiger partial charge in [-0.05, 0) is 25.0 Å². The number of benzene rings is 2. The van der Waals surface area contributed by atoms with Gasteiger partial charge < -0.3 is 24.7 Å². The number of fused-ring (bicyclic) bond motifs is 3. The van der Waals surface area contributed by atoms with E-state index in [1.54, 1.807) is 25.1 Å². The highest BCUT2D eigenvalue weighted by Gasteiger charge is 2.27. The molecule has 1 aliphatic heterocycles. The number of ether oxygens (including phenoxy) is 1. The van der Waals surface area contributed by atoms with Crippen molar-refractivity contribution in [3.63, 3.8) is 0 Å². The molecule has 1 saturated heterocycles. The number of para-hydroxylation sites is 1. The summed E-state index contributed by atoms with van der Waals surface area (Å²) >= 11 is 0. The van der Waals surface area contributed by atoms with Crippen LogP contribution in [0.15, 0.2) is 40.8 Å². The number of carbonyl (C=O) groups is 2. The normalized spacial score (nSPS) is 15.0. The van der Waals surface area contributed by atoms with Gasteiger partial charge in [-0.15, -0.1) is 0 Å². The lowest BCUT2D eigenvalue weighted by molar-refractivity contribution is -0.125. The molecule has 1 aliphatic rings. The summed E-state index contributed by atoms with van der Waals surface area (Å²) < 4.78 is 11.4. The molecule has 0 radical (unpaired) electrons. The van der Waals surface area contributed by atoms with Gasteiger partial charge in [-0.25, -0.2) is 4.79 Å². The molecule has 1 fully saturated rings. The Labute approximate surface area is 162 Å². The van der Waals surface area contributed by atoms with Gasteiger partial charge in [0.1, 0.15) is 16.9 Å². The lowest BCUT2D eigenvalue weighted by Gasteiger charge is -2.31. The molecule has 0 saturated carbocycles.